The van der Waals surface area contributed by atoms with Crippen molar-refractivity contribution in [3.63, 3.8) is 0 Å². The molecule has 2 N–H and O–H groups in total. The zero-order valence-electron chi connectivity index (χ0n) is 11.7. The molecule has 21 heavy (non-hydrogen) atoms. The van der Waals surface area contributed by atoms with E-state index >= 15 is 0 Å². The molecule has 0 heterocycles. The molecule has 1 rings (SSSR count). The van der Waals surface area contributed by atoms with Crippen molar-refractivity contribution in [3.8, 4) is 5.75 Å². The van der Waals surface area contributed by atoms with Crippen LogP contribution in [0, 0.1) is 0 Å². The minimum Gasteiger partial charge on any atom is -0.491 e. The van der Waals surface area contributed by atoms with Gasteiger partial charge in [0.2, 0.25) is 0 Å². The topological polar surface area (TPSA) is 75.6 Å². The van der Waals surface area contributed by atoms with Crippen molar-refractivity contribution in [2.45, 2.75) is 13.0 Å². The Balaban J connectivity index is 2.25. The Morgan fingerprint density at radius 3 is 2.67 bits per heavy atom. The van der Waals surface area contributed by atoms with Crippen LogP contribution in [0.3, 0.4) is 0 Å². The van der Waals surface area contributed by atoms with Crippen molar-refractivity contribution >= 4 is 33.0 Å². The summed E-state index contributed by atoms with van der Waals surface area (Å²) in [5.74, 6) is 0.693. The monoisotopic (exact) mass is 355 g/mol. The molecule has 0 aliphatic heterocycles. The summed E-state index contributed by atoms with van der Waals surface area (Å²) >= 11 is 11.6. The van der Waals surface area contributed by atoms with Crippen LogP contribution >= 0.6 is 23.2 Å². The van der Waals surface area contributed by atoms with E-state index in [0.29, 0.717) is 22.3 Å². The average Bonchev–Trinajstić information content (AvgIpc) is 2.45. The molecule has 0 bridgehead atoms. The highest BCUT2D eigenvalue weighted by Gasteiger charge is 2.09. The van der Waals surface area contributed by atoms with E-state index < -0.39 is 15.9 Å². The van der Waals surface area contributed by atoms with Gasteiger partial charge in [0.05, 0.1) is 15.8 Å². The largest absolute Gasteiger partial charge is 0.491 e. The number of sulfone groups is 1. The number of ether oxygens (including phenoxy) is 1. The number of aliphatic hydroxyl groups excluding tert-OH is 1. The van der Waals surface area contributed by atoms with E-state index in [1.165, 1.54) is 0 Å². The van der Waals surface area contributed by atoms with E-state index in [1.54, 1.807) is 25.1 Å². The molecule has 1 unspecified atom stereocenters. The van der Waals surface area contributed by atoms with Gasteiger partial charge in [0.15, 0.2) is 9.84 Å². The van der Waals surface area contributed by atoms with Crippen LogP contribution < -0.4 is 10.1 Å². The van der Waals surface area contributed by atoms with Crippen LogP contribution in [0.15, 0.2) is 18.2 Å². The zero-order valence-corrected chi connectivity index (χ0v) is 14.0. The summed E-state index contributed by atoms with van der Waals surface area (Å²) in [6.07, 6.45) is -0.746. The number of nitrogens with one attached hydrogen (secondary N) is 1. The predicted molar refractivity (Wildman–Crippen MR) is 85.2 cm³/mol. The number of hydrogen-bond donors (Lipinski definition) is 2. The van der Waals surface area contributed by atoms with Crippen LogP contribution in [0.25, 0.3) is 0 Å². The Kier molecular flexibility index (Phi) is 7.76. The van der Waals surface area contributed by atoms with Gasteiger partial charge in [-0.3, -0.25) is 0 Å². The van der Waals surface area contributed by atoms with E-state index in [9.17, 15) is 13.5 Å². The molecular formula is C13H19Cl2NO4S. The maximum absolute atomic E-state index is 11.3. The smallest absolute Gasteiger partial charge is 0.151 e. The van der Waals surface area contributed by atoms with E-state index in [4.69, 9.17) is 27.9 Å². The summed E-state index contributed by atoms with van der Waals surface area (Å²) in [4.78, 5) is 0. The molecule has 1 aromatic carbocycles. The maximum Gasteiger partial charge on any atom is 0.151 e. The van der Waals surface area contributed by atoms with Gasteiger partial charge in [-0.15, -0.1) is 0 Å². The molecule has 0 aliphatic rings. The summed E-state index contributed by atoms with van der Waals surface area (Å²) in [5.41, 5.74) is 0. The minimum absolute atomic E-state index is 0.0594. The van der Waals surface area contributed by atoms with Crippen molar-refractivity contribution in [3.05, 3.63) is 28.2 Å². The lowest BCUT2D eigenvalue weighted by Gasteiger charge is -2.13. The minimum atomic E-state index is -2.98. The quantitative estimate of drug-likeness (QED) is 0.660. The average molecular weight is 356 g/mol. The van der Waals surface area contributed by atoms with Crippen LogP contribution in [0.5, 0.6) is 5.75 Å². The van der Waals surface area contributed by atoms with Crippen molar-refractivity contribution < 1.29 is 18.3 Å². The van der Waals surface area contributed by atoms with Gasteiger partial charge in [-0.25, -0.2) is 8.42 Å². The summed E-state index contributed by atoms with van der Waals surface area (Å²) in [5, 5.41) is 13.4. The van der Waals surface area contributed by atoms with Crippen LogP contribution in [0.2, 0.25) is 10.0 Å². The van der Waals surface area contributed by atoms with Gasteiger partial charge in [-0.1, -0.05) is 30.1 Å². The Bertz CT molecular complexity index is 551. The third-order valence-electron chi connectivity index (χ3n) is 2.74. The van der Waals surface area contributed by atoms with E-state index in [-0.39, 0.29) is 24.7 Å². The Hall–Kier alpha value is -0.530. The molecular weight excluding hydrogens is 337 g/mol. The molecule has 120 valence electrons. The van der Waals surface area contributed by atoms with Gasteiger partial charge in [0.25, 0.3) is 0 Å². The second-order valence-electron chi connectivity index (χ2n) is 4.48. The Morgan fingerprint density at radius 1 is 1.33 bits per heavy atom. The van der Waals surface area contributed by atoms with Crippen LogP contribution in [0.1, 0.15) is 6.92 Å². The van der Waals surface area contributed by atoms with Crippen LogP contribution in [-0.4, -0.2) is 50.8 Å². The third-order valence-corrected chi connectivity index (χ3v) is 5.19. The van der Waals surface area contributed by atoms with E-state index in [1.807, 2.05) is 0 Å². The summed E-state index contributed by atoms with van der Waals surface area (Å²) in [7, 11) is -2.98. The molecule has 0 saturated carbocycles. The van der Waals surface area contributed by atoms with Gasteiger partial charge in [-0.05, 0) is 12.1 Å². The SMILES string of the molecule is CCS(=O)(=O)CCNCC(O)COc1ccc(Cl)c(Cl)c1. The summed E-state index contributed by atoms with van der Waals surface area (Å²) in [6.45, 7) is 2.24. The molecule has 1 aromatic rings. The number of halogens is 2. The standard InChI is InChI=1S/C13H19Cl2NO4S/c1-2-21(18,19)6-5-16-8-10(17)9-20-11-3-4-12(14)13(15)7-11/h3-4,7,10,16-17H,2,5-6,8-9H2,1H3. The molecule has 5 nitrogen and oxygen atoms in total. The van der Waals surface area contributed by atoms with Crippen molar-refractivity contribution in [1.82, 2.24) is 5.32 Å². The van der Waals surface area contributed by atoms with Crippen molar-refractivity contribution in [1.29, 1.82) is 0 Å². The number of benzene rings is 1. The van der Waals surface area contributed by atoms with Crippen molar-refractivity contribution in [2.75, 3.05) is 31.2 Å². The molecule has 8 heteroatoms. The second kappa shape index (κ2) is 8.80. The molecule has 1 atom stereocenters. The first kappa shape index (κ1) is 18.5. The second-order valence-corrected chi connectivity index (χ2v) is 7.77. The number of rotatable bonds is 9. The zero-order chi connectivity index (χ0) is 15.9. The van der Waals surface area contributed by atoms with E-state index in [2.05, 4.69) is 5.32 Å². The van der Waals surface area contributed by atoms with Gasteiger partial charge >= 0.3 is 0 Å². The van der Waals surface area contributed by atoms with E-state index in [0.717, 1.165) is 0 Å². The van der Waals surface area contributed by atoms with Gasteiger partial charge < -0.3 is 15.2 Å². The lowest BCUT2D eigenvalue weighted by molar-refractivity contribution is 0.107. The fraction of sp³-hybridized carbons (Fsp3) is 0.538. The summed E-state index contributed by atoms with van der Waals surface area (Å²) < 4.78 is 27.9. The first-order chi connectivity index (χ1) is 9.84. The summed E-state index contributed by atoms with van der Waals surface area (Å²) in [6, 6.07) is 4.83. The molecule has 0 aliphatic carbocycles. The molecule has 0 radical (unpaired) electrons. The normalized spacial score (nSPS) is 13.1. The van der Waals surface area contributed by atoms with Crippen LogP contribution in [-0.2, 0) is 9.84 Å². The maximum atomic E-state index is 11.3. The predicted octanol–water partition coefficient (Wildman–Crippen LogP) is 1.76. The van der Waals surface area contributed by atoms with Crippen molar-refractivity contribution in [2.24, 2.45) is 0 Å². The fourth-order valence-electron chi connectivity index (χ4n) is 1.46. The highest BCUT2D eigenvalue weighted by Crippen LogP contribution is 2.26. The molecule has 0 saturated heterocycles. The molecule has 0 fully saturated rings. The van der Waals surface area contributed by atoms with Gasteiger partial charge in [-0.2, -0.15) is 0 Å². The van der Waals surface area contributed by atoms with Crippen LogP contribution in [0.4, 0.5) is 0 Å². The highest BCUT2D eigenvalue weighted by atomic mass is 35.5. The Labute approximate surface area is 135 Å². The molecule has 0 amide bonds. The number of aliphatic hydroxyl groups is 1. The lowest BCUT2D eigenvalue weighted by Crippen LogP contribution is -2.34. The van der Waals surface area contributed by atoms with Gasteiger partial charge in [0, 0.05) is 24.9 Å². The number of hydrogen-bond acceptors (Lipinski definition) is 5. The highest BCUT2D eigenvalue weighted by molar-refractivity contribution is 7.91. The molecule has 0 aromatic heterocycles. The Morgan fingerprint density at radius 2 is 2.05 bits per heavy atom. The van der Waals surface area contributed by atoms with Gasteiger partial charge in [0.1, 0.15) is 18.5 Å². The third kappa shape index (κ3) is 7.33. The first-order valence-electron chi connectivity index (χ1n) is 6.51. The fourth-order valence-corrected chi connectivity index (χ4v) is 2.49. The lowest BCUT2D eigenvalue weighted by atomic mass is 10.3. The first-order valence-corrected chi connectivity index (χ1v) is 9.09. The molecule has 0 spiro atoms.